The molecule has 0 aliphatic heterocycles. The van der Waals surface area contributed by atoms with E-state index >= 15 is 0 Å². The summed E-state index contributed by atoms with van der Waals surface area (Å²) in [7, 11) is 4.26. The first-order chi connectivity index (χ1) is 20.7. The Morgan fingerprint density at radius 3 is 2.52 bits per heavy atom. The Bertz CT molecular complexity index is 1660. The maximum Gasteiger partial charge on any atom is 0.417 e. The minimum Gasteiger partial charge on any atom is -0.486 e. The second-order valence-electron chi connectivity index (χ2n) is 9.93. The molecular formula is C28H32F2N6O8. The Morgan fingerprint density at radius 1 is 1.20 bits per heavy atom. The summed E-state index contributed by atoms with van der Waals surface area (Å²) in [5, 5.41) is 14.7. The molecule has 0 aliphatic rings. The fourth-order valence-corrected chi connectivity index (χ4v) is 4.03. The number of aromatic nitrogens is 3. The predicted octanol–water partition coefficient (Wildman–Crippen LogP) is 2.93. The second-order valence-corrected chi connectivity index (χ2v) is 9.93. The van der Waals surface area contributed by atoms with Gasteiger partial charge in [-0.15, -0.1) is 0 Å². The van der Waals surface area contributed by atoms with Gasteiger partial charge < -0.3 is 34.7 Å². The molecule has 3 rings (SSSR count). The van der Waals surface area contributed by atoms with Gasteiger partial charge in [0.15, 0.2) is 11.6 Å². The predicted molar refractivity (Wildman–Crippen MR) is 154 cm³/mol. The Kier molecular flexibility index (Phi) is 10.8. The fraction of sp³-hybridized carbons (Fsp3) is 0.357. The zero-order chi connectivity index (χ0) is 32.7. The van der Waals surface area contributed by atoms with Crippen molar-refractivity contribution in [1.82, 2.24) is 24.3 Å². The number of amides is 3. The van der Waals surface area contributed by atoms with E-state index in [1.165, 1.54) is 35.4 Å². The third kappa shape index (κ3) is 7.76. The number of anilines is 1. The van der Waals surface area contributed by atoms with Crippen LogP contribution in [0.1, 0.15) is 32.5 Å². The van der Waals surface area contributed by atoms with Crippen molar-refractivity contribution in [3.8, 4) is 5.75 Å². The summed E-state index contributed by atoms with van der Waals surface area (Å²) in [6.45, 7) is 2.67. The third-order valence-corrected chi connectivity index (χ3v) is 6.12. The molecule has 0 saturated carbocycles. The standard InChI is InChI=1S/C28H32F2N6O8/c1-15(2)44-24-22(30)16(29)13-19-23(24)33-20(36(19)28(41)42)14-35-12-8-10-18(26(35)39)31-25(38)17(32-27(40)43-5)9-6-7-11-21(37)34(3)4/h7-8,10-13,15,17H,6,9,14H2,1-5H3,(H,31,38)(H,32,40)(H,41,42)/b11-7+. The number of likely N-dealkylation sites (N-methyl/N-ethyl adjacent to an activating group) is 1. The normalized spacial score (nSPS) is 11.9. The third-order valence-electron chi connectivity index (χ3n) is 6.12. The Hall–Kier alpha value is -5.28. The van der Waals surface area contributed by atoms with Crippen LogP contribution in [0.15, 0.2) is 41.3 Å². The Morgan fingerprint density at radius 2 is 1.91 bits per heavy atom. The van der Waals surface area contributed by atoms with Crippen molar-refractivity contribution < 1.29 is 42.5 Å². The van der Waals surface area contributed by atoms with E-state index in [2.05, 4.69) is 20.4 Å². The number of hydrogen-bond acceptors (Lipinski definition) is 8. The van der Waals surface area contributed by atoms with Crippen LogP contribution in [-0.4, -0.2) is 81.5 Å². The number of alkyl carbamates (subject to hydrolysis) is 1. The van der Waals surface area contributed by atoms with Gasteiger partial charge in [0.1, 0.15) is 23.1 Å². The van der Waals surface area contributed by atoms with Gasteiger partial charge in [0.2, 0.25) is 17.6 Å². The quantitative estimate of drug-likeness (QED) is 0.273. The lowest BCUT2D eigenvalue weighted by molar-refractivity contribution is -0.123. The van der Waals surface area contributed by atoms with Crippen LogP contribution in [0.25, 0.3) is 11.0 Å². The molecule has 16 heteroatoms. The molecule has 3 N–H and O–H groups in total. The highest BCUT2D eigenvalue weighted by atomic mass is 19.2. The van der Waals surface area contributed by atoms with Crippen molar-refractivity contribution in [2.75, 3.05) is 26.5 Å². The average Bonchev–Trinajstić information content (AvgIpc) is 3.31. The van der Waals surface area contributed by atoms with Crippen LogP contribution < -0.4 is 20.9 Å². The lowest BCUT2D eigenvalue weighted by Crippen LogP contribution is -2.44. The maximum absolute atomic E-state index is 14.6. The summed E-state index contributed by atoms with van der Waals surface area (Å²) in [6.07, 6.45) is 1.35. The van der Waals surface area contributed by atoms with E-state index in [0.717, 1.165) is 11.7 Å². The van der Waals surface area contributed by atoms with Crippen molar-refractivity contribution in [3.05, 3.63) is 64.4 Å². The highest BCUT2D eigenvalue weighted by Crippen LogP contribution is 2.32. The summed E-state index contributed by atoms with van der Waals surface area (Å²) < 4.78 is 40.5. The molecule has 0 saturated heterocycles. The van der Waals surface area contributed by atoms with Gasteiger partial charge in [0, 0.05) is 26.4 Å². The van der Waals surface area contributed by atoms with E-state index in [1.807, 2.05) is 0 Å². The second kappa shape index (κ2) is 14.3. The summed E-state index contributed by atoms with van der Waals surface area (Å²) in [5.41, 5.74) is -1.54. The minimum absolute atomic E-state index is 0.0513. The lowest BCUT2D eigenvalue weighted by atomic mass is 10.1. The van der Waals surface area contributed by atoms with Gasteiger partial charge >= 0.3 is 12.2 Å². The molecule has 236 valence electrons. The van der Waals surface area contributed by atoms with E-state index in [-0.39, 0.29) is 41.3 Å². The number of fused-ring (bicyclic) bond motifs is 1. The fourth-order valence-electron chi connectivity index (χ4n) is 4.03. The molecular weight excluding hydrogens is 586 g/mol. The van der Waals surface area contributed by atoms with E-state index < -0.39 is 59.7 Å². The first-order valence-corrected chi connectivity index (χ1v) is 13.3. The van der Waals surface area contributed by atoms with Crippen molar-refractivity contribution in [1.29, 1.82) is 0 Å². The van der Waals surface area contributed by atoms with Crippen LogP contribution in [0.2, 0.25) is 0 Å². The summed E-state index contributed by atoms with van der Waals surface area (Å²) in [5.74, 6) is -4.57. The van der Waals surface area contributed by atoms with E-state index in [9.17, 15) is 37.9 Å². The van der Waals surface area contributed by atoms with Crippen LogP contribution in [0.3, 0.4) is 0 Å². The number of nitrogens with one attached hydrogen (secondary N) is 2. The van der Waals surface area contributed by atoms with Crippen molar-refractivity contribution in [2.45, 2.75) is 45.4 Å². The smallest absolute Gasteiger partial charge is 0.417 e. The molecule has 0 bridgehead atoms. The molecule has 1 atom stereocenters. The molecule has 1 unspecified atom stereocenters. The number of carbonyl (C=O) groups excluding carboxylic acids is 3. The average molecular weight is 619 g/mol. The number of halogens is 2. The SMILES string of the molecule is COC(=O)NC(CC/C=C/C(=O)N(C)C)C(=O)Nc1cccn(Cc2nc3c(OC(C)C)c(F)c(F)cc3n2C(=O)O)c1=O. The van der Waals surface area contributed by atoms with Gasteiger partial charge in [-0.05, 0) is 44.9 Å². The highest BCUT2D eigenvalue weighted by Gasteiger charge is 2.26. The number of methoxy groups -OCH3 is 1. The van der Waals surface area contributed by atoms with Gasteiger partial charge in [0.05, 0.1) is 25.3 Å². The number of imidazole rings is 1. The number of rotatable bonds is 11. The Labute approximate surface area is 249 Å². The molecule has 3 amide bonds. The van der Waals surface area contributed by atoms with Crippen molar-refractivity contribution in [2.24, 2.45) is 0 Å². The van der Waals surface area contributed by atoms with E-state index in [1.54, 1.807) is 27.9 Å². The molecule has 0 radical (unpaired) electrons. The van der Waals surface area contributed by atoms with Gasteiger partial charge in [0.25, 0.3) is 5.56 Å². The van der Waals surface area contributed by atoms with Gasteiger partial charge in [-0.25, -0.2) is 23.5 Å². The zero-order valence-corrected chi connectivity index (χ0v) is 24.6. The number of benzene rings is 1. The van der Waals surface area contributed by atoms with Gasteiger partial charge in [-0.2, -0.15) is 4.39 Å². The van der Waals surface area contributed by atoms with Crippen molar-refractivity contribution >= 4 is 40.7 Å². The van der Waals surface area contributed by atoms with Crippen LogP contribution in [0.4, 0.5) is 24.1 Å². The summed E-state index contributed by atoms with van der Waals surface area (Å²) >= 11 is 0. The minimum atomic E-state index is -1.57. The number of carboxylic acid groups (broad SMARTS) is 1. The topological polar surface area (TPSA) is 174 Å². The lowest BCUT2D eigenvalue weighted by Gasteiger charge is -2.17. The van der Waals surface area contributed by atoms with E-state index in [4.69, 9.17) is 4.74 Å². The molecule has 2 aromatic heterocycles. The highest BCUT2D eigenvalue weighted by molar-refractivity contribution is 5.96. The van der Waals surface area contributed by atoms with E-state index in [0.29, 0.717) is 10.6 Å². The molecule has 1 aromatic carbocycles. The monoisotopic (exact) mass is 618 g/mol. The van der Waals surface area contributed by atoms with Crippen molar-refractivity contribution in [3.63, 3.8) is 0 Å². The molecule has 0 aliphatic carbocycles. The summed E-state index contributed by atoms with van der Waals surface area (Å²) in [4.78, 5) is 67.6. The van der Waals surface area contributed by atoms with Gasteiger partial charge in [-0.1, -0.05) is 6.08 Å². The molecule has 0 spiro atoms. The van der Waals surface area contributed by atoms with Crippen LogP contribution >= 0.6 is 0 Å². The number of nitrogens with zero attached hydrogens (tertiary/aromatic N) is 4. The first-order valence-electron chi connectivity index (χ1n) is 13.3. The number of ether oxygens (including phenoxy) is 2. The number of hydrogen-bond donors (Lipinski definition) is 3. The summed E-state index contributed by atoms with van der Waals surface area (Å²) in [6, 6.07) is 2.20. The largest absolute Gasteiger partial charge is 0.486 e. The van der Waals surface area contributed by atoms with Gasteiger partial charge in [-0.3, -0.25) is 14.4 Å². The molecule has 3 aromatic rings. The zero-order valence-electron chi connectivity index (χ0n) is 24.6. The molecule has 0 fully saturated rings. The maximum atomic E-state index is 14.6. The molecule has 44 heavy (non-hydrogen) atoms. The molecule has 2 heterocycles. The number of carbonyl (C=O) groups is 4. The van der Waals surface area contributed by atoms with Crippen LogP contribution in [0.5, 0.6) is 5.75 Å². The number of allylic oxidation sites excluding steroid dienone is 1. The molecule has 14 nitrogen and oxygen atoms in total. The number of pyridine rings is 1. The van der Waals surface area contributed by atoms with Crippen LogP contribution in [0, 0.1) is 11.6 Å². The first kappa shape index (κ1) is 33.2. The van der Waals surface area contributed by atoms with Crippen LogP contribution in [-0.2, 0) is 20.9 Å². The Balaban J connectivity index is 1.92.